The van der Waals surface area contributed by atoms with E-state index in [1.807, 2.05) is 41.8 Å². The van der Waals surface area contributed by atoms with E-state index in [2.05, 4.69) is 10.4 Å². The van der Waals surface area contributed by atoms with Gasteiger partial charge in [-0.1, -0.05) is 23.7 Å². The molecule has 98 valence electrons. The Bertz CT molecular complexity index is 581. The third kappa shape index (κ3) is 4.31. The van der Waals surface area contributed by atoms with Crippen molar-refractivity contribution in [1.29, 1.82) is 0 Å². The van der Waals surface area contributed by atoms with Crippen molar-refractivity contribution < 1.29 is 0 Å². The average Bonchev–Trinajstić information content (AvgIpc) is 2.89. The average molecular weight is 310 g/mol. The Morgan fingerprint density at radius 2 is 2.26 bits per heavy atom. The molecule has 0 saturated heterocycles. The van der Waals surface area contributed by atoms with Crippen molar-refractivity contribution in [2.24, 2.45) is 5.10 Å². The molecule has 3 nitrogen and oxygen atoms in total. The highest BCUT2D eigenvalue weighted by atomic mass is 35.5. The monoisotopic (exact) mass is 309 g/mol. The molecule has 0 aliphatic rings. The molecule has 1 heterocycles. The predicted octanol–water partition coefficient (Wildman–Crippen LogP) is 4.06. The minimum atomic E-state index is 0.509. The first-order valence-electron chi connectivity index (χ1n) is 5.53. The van der Waals surface area contributed by atoms with E-state index in [0.717, 1.165) is 10.6 Å². The highest BCUT2D eigenvalue weighted by Gasteiger charge is 2.03. The topological polar surface area (TPSA) is 27.6 Å². The number of thiophene rings is 1. The maximum atomic E-state index is 5.91. The molecule has 0 saturated carbocycles. The molecule has 1 aromatic heterocycles. The number of rotatable bonds is 3. The largest absolute Gasteiger partial charge is 0.331 e. The fraction of sp³-hybridized carbons (Fsp3) is 0.0769. The smallest absolute Gasteiger partial charge is 0.193 e. The van der Waals surface area contributed by atoms with E-state index in [4.69, 9.17) is 23.8 Å². The van der Waals surface area contributed by atoms with Gasteiger partial charge in [0, 0.05) is 22.6 Å². The van der Waals surface area contributed by atoms with Crippen molar-refractivity contribution in [1.82, 2.24) is 5.01 Å². The van der Waals surface area contributed by atoms with E-state index < -0.39 is 0 Å². The van der Waals surface area contributed by atoms with Gasteiger partial charge in [0.25, 0.3) is 0 Å². The normalized spacial score (nSPS) is 10.6. The van der Waals surface area contributed by atoms with Crippen molar-refractivity contribution >= 4 is 52.2 Å². The first-order chi connectivity index (χ1) is 9.15. The van der Waals surface area contributed by atoms with Gasteiger partial charge in [-0.3, -0.25) is 0 Å². The van der Waals surface area contributed by atoms with E-state index in [0.29, 0.717) is 10.1 Å². The number of nitrogens with zero attached hydrogens (tertiary/aromatic N) is 2. The van der Waals surface area contributed by atoms with Crippen LogP contribution in [0.25, 0.3) is 0 Å². The van der Waals surface area contributed by atoms with Crippen molar-refractivity contribution in [3.63, 3.8) is 0 Å². The number of anilines is 1. The van der Waals surface area contributed by atoms with Crippen molar-refractivity contribution in [3.8, 4) is 0 Å². The number of halogens is 1. The molecular weight excluding hydrogens is 298 g/mol. The Kier molecular flexibility index (Phi) is 4.90. The fourth-order valence-electron chi connectivity index (χ4n) is 1.33. The van der Waals surface area contributed by atoms with Gasteiger partial charge in [0.1, 0.15) is 0 Å². The quantitative estimate of drug-likeness (QED) is 0.526. The molecule has 2 aromatic rings. The van der Waals surface area contributed by atoms with Gasteiger partial charge >= 0.3 is 0 Å². The first-order valence-corrected chi connectivity index (χ1v) is 7.19. The molecule has 0 radical (unpaired) electrons. The van der Waals surface area contributed by atoms with Gasteiger partial charge in [-0.2, -0.15) is 5.10 Å². The van der Waals surface area contributed by atoms with Crippen molar-refractivity contribution in [2.45, 2.75) is 0 Å². The Morgan fingerprint density at radius 1 is 1.42 bits per heavy atom. The summed E-state index contributed by atoms with van der Waals surface area (Å²) in [5, 5.41) is 12.1. The van der Waals surface area contributed by atoms with Crippen LogP contribution in [0.3, 0.4) is 0 Å². The van der Waals surface area contributed by atoms with Crippen LogP contribution in [0.4, 0.5) is 5.69 Å². The molecule has 0 amide bonds. The zero-order valence-electron chi connectivity index (χ0n) is 10.2. The van der Waals surface area contributed by atoms with Crippen LogP contribution in [0.5, 0.6) is 0 Å². The van der Waals surface area contributed by atoms with Gasteiger partial charge in [0.05, 0.1) is 6.21 Å². The molecule has 0 spiro atoms. The van der Waals surface area contributed by atoms with Gasteiger partial charge < -0.3 is 5.32 Å². The Balaban J connectivity index is 1.96. The first kappa shape index (κ1) is 14.0. The summed E-state index contributed by atoms with van der Waals surface area (Å²) in [6.07, 6.45) is 1.77. The highest BCUT2D eigenvalue weighted by molar-refractivity contribution is 7.80. The molecular formula is C13H12ClN3S2. The summed E-state index contributed by atoms with van der Waals surface area (Å²) in [5.74, 6) is 0. The van der Waals surface area contributed by atoms with Crippen LogP contribution in [0, 0.1) is 0 Å². The molecule has 1 aromatic carbocycles. The Hall–Kier alpha value is -1.43. The van der Waals surface area contributed by atoms with E-state index in [9.17, 15) is 0 Å². The van der Waals surface area contributed by atoms with Gasteiger partial charge in [-0.15, -0.1) is 11.3 Å². The number of thiocarbonyl (C=S) groups is 1. The van der Waals surface area contributed by atoms with Gasteiger partial charge in [0.15, 0.2) is 5.11 Å². The molecule has 2 rings (SSSR count). The fourth-order valence-corrected chi connectivity index (χ4v) is 2.27. The molecule has 0 unspecified atom stereocenters. The van der Waals surface area contributed by atoms with Crippen LogP contribution in [-0.2, 0) is 0 Å². The van der Waals surface area contributed by atoms with Crippen molar-refractivity contribution in [3.05, 3.63) is 51.7 Å². The number of benzene rings is 1. The molecule has 19 heavy (non-hydrogen) atoms. The Morgan fingerprint density at radius 3 is 2.95 bits per heavy atom. The number of hydrogen-bond acceptors (Lipinski definition) is 3. The summed E-state index contributed by atoms with van der Waals surface area (Å²) in [6, 6.07) is 11.4. The number of hydrazone groups is 1. The lowest BCUT2D eigenvalue weighted by molar-refractivity contribution is 0.557. The lowest BCUT2D eigenvalue weighted by Gasteiger charge is -2.15. The standard InChI is InChI=1S/C13H12ClN3S2/c1-17(15-9-12-6-3-7-19-12)13(18)16-11-5-2-4-10(14)8-11/h2-9H,1H3,(H,16,18)/b15-9+. The van der Waals surface area contributed by atoms with E-state index in [1.54, 1.807) is 29.6 Å². The third-order valence-corrected chi connectivity index (χ3v) is 3.68. The summed E-state index contributed by atoms with van der Waals surface area (Å²) >= 11 is 12.8. The second kappa shape index (κ2) is 6.65. The summed E-state index contributed by atoms with van der Waals surface area (Å²) in [4.78, 5) is 1.08. The van der Waals surface area contributed by atoms with Crippen LogP contribution in [0.15, 0.2) is 46.9 Å². The molecule has 0 aliphatic carbocycles. The van der Waals surface area contributed by atoms with Gasteiger partial charge in [0.2, 0.25) is 0 Å². The zero-order valence-corrected chi connectivity index (χ0v) is 12.6. The van der Waals surface area contributed by atoms with Gasteiger partial charge in [-0.05, 0) is 41.9 Å². The second-order valence-corrected chi connectivity index (χ2v) is 5.53. The van der Waals surface area contributed by atoms with E-state index in [1.165, 1.54) is 0 Å². The van der Waals surface area contributed by atoms with E-state index >= 15 is 0 Å². The zero-order chi connectivity index (χ0) is 13.7. The van der Waals surface area contributed by atoms with Gasteiger partial charge in [-0.25, -0.2) is 5.01 Å². The number of nitrogens with one attached hydrogen (secondary N) is 1. The summed E-state index contributed by atoms with van der Waals surface area (Å²) in [6.45, 7) is 0. The number of hydrogen-bond donors (Lipinski definition) is 1. The third-order valence-electron chi connectivity index (χ3n) is 2.27. The van der Waals surface area contributed by atoms with Crippen LogP contribution in [0.2, 0.25) is 5.02 Å². The molecule has 0 fully saturated rings. The van der Waals surface area contributed by atoms with E-state index in [-0.39, 0.29) is 0 Å². The maximum absolute atomic E-state index is 5.91. The highest BCUT2D eigenvalue weighted by Crippen LogP contribution is 2.15. The summed E-state index contributed by atoms with van der Waals surface area (Å²) < 4.78 is 0. The summed E-state index contributed by atoms with van der Waals surface area (Å²) in [7, 11) is 1.80. The molecule has 0 bridgehead atoms. The lowest BCUT2D eigenvalue weighted by Crippen LogP contribution is -2.26. The van der Waals surface area contributed by atoms with Crippen LogP contribution in [-0.4, -0.2) is 23.4 Å². The summed E-state index contributed by atoms with van der Waals surface area (Å²) in [5.41, 5.74) is 0.843. The second-order valence-electron chi connectivity index (χ2n) is 3.72. The Labute approximate surface area is 126 Å². The molecule has 6 heteroatoms. The lowest BCUT2D eigenvalue weighted by atomic mass is 10.3. The molecule has 1 N–H and O–H groups in total. The van der Waals surface area contributed by atoms with Crippen LogP contribution < -0.4 is 5.32 Å². The SMILES string of the molecule is CN(/N=C/c1cccs1)C(=S)Nc1cccc(Cl)c1. The maximum Gasteiger partial charge on any atom is 0.193 e. The molecule has 0 aliphatic heterocycles. The minimum absolute atomic E-state index is 0.509. The predicted molar refractivity (Wildman–Crippen MR) is 87.3 cm³/mol. The van der Waals surface area contributed by atoms with Crippen molar-refractivity contribution in [2.75, 3.05) is 12.4 Å². The van der Waals surface area contributed by atoms with Crippen LogP contribution >= 0.6 is 35.2 Å². The minimum Gasteiger partial charge on any atom is -0.331 e. The van der Waals surface area contributed by atoms with Crippen LogP contribution in [0.1, 0.15) is 4.88 Å². The molecule has 0 atom stereocenters.